The number of para-hydroxylation sites is 1. The van der Waals surface area contributed by atoms with Crippen LogP contribution in [0.15, 0.2) is 18.2 Å². The fraction of sp³-hybridized carbons (Fsp3) is 0.222. The predicted octanol–water partition coefficient (Wildman–Crippen LogP) is 2.50. The van der Waals surface area contributed by atoms with Crippen LogP contribution in [0.5, 0.6) is 5.75 Å². The van der Waals surface area contributed by atoms with Crippen molar-refractivity contribution in [2.24, 2.45) is 0 Å². The van der Waals surface area contributed by atoms with Crippen molar-refractivity contribution in [3.8, 4) is 5.75 Å². The third kappa shape index (κ3) is 1.77. The van der Waals surface area contributed by atoms with Crippen LogP contribution >= 0.6 is 22.6 Å². The van der Waals surface area contributed by atoms with E-state index in [1.165, 1.54) is 6.92 Å². The Labute approximate surface area is 85.1 Å². The molecule has 0 radical (unpaired) electrons. The van der Waals surface area contributed by atoms with Gasteiger partial charge in [-0.15, -0.1) is 0 Å². The van der Waals surface area contributed by atoms with Crippen LogP contribution in [0.4, 0.5) is 0 Å². The molecule has 1 aromatic rings. The number of Topliss-reactive ketones (excluding diaryl/α,β-unsaturated/α-hetero) is 1. The van der Waals surface area contributed by atoms with Gasteiger partial charge in [-0.2, -0.15) is 0 Å². The van der Waals surface area contributed by atoms with Gasteiger partial charge in [0.2, 0.25) is 0 Å². The zero-order valence-corrected chi connectivity index (χ0v) is 9.08. The molecule has 0 fully saturated rings. The van der Waals surface area contributed by atoms with E-state index >= 15 is 0 Å². The molecule has 0 spiro atoms. The summed E-state index contributed by atoms with van der Waals surface area (Å²) in [6.45, 7) is 1.54. The van der Waals surface area contributed by atoms with Crippen LogP contribution in [-0.4, -0.2) is 12.9 Å². The molecule has 0 heterocycles. The number of benzene rings is 1. The van der Waals surface area contributed by atoms with E-state index in [4.69, 9.17) is 4.74 Å². The molecule has 0 aromatic heterocycles. The van der Waals surface area contributed by atoms with Crippen molar-refractivity contribution in [3.05, 3.63) is 27.3 Å². The van der Waals surface area contributed by atoms with E-state index in [1.807, 2.05) is 12.1 Å². The number of halogens is 1. The van der Waals surface area contributed by atoms with Crippen molar-refractivity contribution in [2.75, 3.05) is 7.11 Å². The van der Waals surface area contributed by atoms with Gasteiger partial charge in [-0.05, 0) is 41.6 Å². The molecule has 0 N–H and O–H groups in total. The Balaban J connectivity index is 3.27. The third-order valence-electron chi connectivity index (χ3n) is 1.55. The van der Waals surface area contributed by atoms with Crippen LogP contribution < -0.4 is 4.74 Å². The molecule has 64 valence electrons. The Kier molecular flexibility index (Phi) is 3.08. The first-order valence-corrected chi connectivity index (χ1v) is 4.58. The Morgan fingerprint density at radius 3 is 2.58 bits per heavy atom. The van der Waals surface area contributed by atoms with Crippen LogP contribution in [0.2, 0.25) is 0 Å². The Morgan fingerprint density at radius 1 is 1.50 bits per heavy atom. The van der Waals surface area contributed by atoms with Gasteiger partial charge in [0.15, 0.2) is 5.78 Å². The highest BCUT2D eigenvalue weighted by Crippen LogP contribution is 2.25. The molecule has 1 rings (SSSR count). The zero-order valence-electron chi connectivity index (χ0n) is 6.93. The molecule has 0 unspecified atom stereocenters. The number of hydrogen-bond acceptors (Lipinski definition) is 2. The summed E-state index contributed by atoms with van der Waals surface area (Å²) >= 11 is 2.14. The highest BCUT2D eigenvalue weighted by molar-refractivity contribution is 14.1. The largest absolute Gasteiger partial charge is 0.495 e. The summed E-state index contributed by atoms with van der Waals surface area (Å²) in [5, 5.41) is 0. The second kappa shape index (κ2) is 3.89. The second-order valence-corrected chi connectivity index (χ2v) is 3.54. The van der Waals surface area contributed by atoms with Crippen molar-refractivity contribution < 1.29 is 9.53 Å². The Morgan fingerprint density at radius 2 is 2.17 bits per heavy atom. The summed E-state index contributed by atoms with van der Waals surface area (Å²) in [7, 11) is 1.57. The lowest BCUT2D eigenvalue weighted by atomic mass is 10.1. The second-order valence-electron chi connectivity index (χ2n) is 2.38. The average molecular weight is 276 g/mol. The number of carbonyl (C=O) groups is 1. The van der Waals surface area contributed by atoms with Crippen LogP contribution in [0, 0.1) is 3.57 Å². The lowest BCUT2D eigenvalue weighted by Crippen LogP contribution is -1.98. The van der Waals surface area contributed by atoms with Crippen molar-refractivity contribution >= 4 is 28.4 Å². The summed E-state index contributed by atoms with van der Waals surface area (Å²) in [6.07, 6.45) is 0. The normalized spacial score (nSPS) is 9.58. The van der Waals surface area contributed by atoms with Gasteiger partial charge in [0.05, 0.1) is 16.2 Å². The van der Waals surface area contributed by atoms with Crippen molar-refractivity contribution in [1.82, 2.24) is 0 Å². The summed E-state index contributed by atoms with van der Waals surface area (Å²) in [5.74, 6) is 0.705. The third-order valence-corrected chi connectivity index (χ3v) is 2.40. The first-order valence-electron chi connectivity index (χ1n) is 3.50. The molecule has 0 amide bonds. The van der Waals surface area contributed by atoms with Gasteiger partial charge in [0.25, 0.3) is 0 Å². The van der Waals surface area contributed by atoms with Crippen molar-refractivity contribution in [1.29, 1.82) is 0 Å². The standard InChI is InChI=1S/C9H9IO2/c1-6(11)7-4-3-5-8(10)9(7)12-2/h3-5H,1-2H3. The van der Waals surface area contributed by atoms with Gasteiger partial charge >= 0.3 is 0 Å². The summed E-state index contributed by atoms with van der Waals surface area (Å²) in [5.41, 5.74) is 0.643. The number of carbonyl (C=O) groups excluding carboxylic acids is 1. The van der Waals surface area contributed by atoms with Gasteiger partial charge in [-0.3, -0.25) is 4.79 Å². The summed E-state index contributed by atoms with van der Waals surface area (Å²) in [4.78, 5) is 11.1. The van der Waals surface area contributed by atoms with Crippen molar-refractivity contribution in [2.45, 2.75) is 6.92 Å². The fourth-order valence-corrected chi connectivity index (χ4v) is 1.71. The zero-order chi connectivity index (χ0) is 9.14. The number of hydrogen-bond donors (Lipinski definition) is 0. The highest BCUT2D eigenvalue weighted by atomic mass is 127. The molecule has 1 aromatic carbocycles. The molecule has 0 atom stereocenters. The van der Waals surface area contributed by atoms with E-state index in [1.54, 1.807) is 13.2 Å². The number of ether oxygens (including phenoxy) is 1. The van der Waals surface area contributed by atoms with Crippen LogP contribution in [0.25, 0.3) is 0 Å². The van der Waals surface area contributed by atoms with Gasteiger partial charge in [-0.25, -0.2) is 0 Å². The molecule has 12 heavy (non-hydrogen) atoms. The van der Waals surface area contributed by atoms with E-state index in [9.17, 15) is 4.79 Å². The quantitative estimate of drug-likeness (QED) is 0.612. The monoisotopic (exact) mass is 276 g/mol. The van der Waals surface area contributed by atoms with Gasteiger partial charge in [0.1, 0.15) is 5.75 Å². The first kappa shape index (κ1) is 9.51. The summed E-state index contributed by atoms with van der Waals surface area (Å²) in [6, 6.07) is 5.52. The number of methoxy groups -OCH3 is 1. The van der Waals surface area contributed by atoms with Crippen LogP contribution in [0.1, 0.15) is 17.3 Å². The van der Waals surface area contributed by atoms with E-state index < -0.39 is 0 Å². The molecular formula is C9H9IO2. The molecular weight excluding hydrogens is 267 g/mol. The Bertz CT molecular complexity index is 307. The topological polar surface area (TPSA) is 26.3 Å². The Hall–Kier alpha value is -0.580. The maximum absolute atomic E-state index is 11.1. The first-order chi connectivity index (χ1) is 5.66. The summed E-state index contributed by atoms with van der Waals surface area (Å²) < 4.78 is 6.07. The molecule has 0 aliphatic rings. The van der Waals surface area contributed by atoms with Crippen LogP contribution in [0.3, 0.4) is 0 Å². The predicted molar refractivity (Wildman–Crippen MR) is 55.7 cm³/mol. The molecule has 3 heteroatoms. The van der Waals surface area contributed by atoms with Gasteiger partial charge < -0.3 is 4.74 Å². The number of rotatable bonds is 2. The van der Waals surface area contributed by atoms with Crippen LogP contribution in [-0.2, 0) is 0 Å². The van der Waals surface area contributed by atoms with Gasteiger partial charge in [-0.1, -0.05) is 6.07 Å². The fourth-order valence-electron chi connectivity index (χ4n) is 0.994. The molecule has 0 saturated heterocycles. The minimum Gasteiger partial charge on any atom is -0.495 e. The minimum absolute atomic E-state index is 0.0327. The van der Waals surface area contributed by atoms with E-state index in [-0.39, 0.29) is 5.78 Å². The molecule has 0 saturated carbocycles. The molecule has 0 aliphatic carbocycles. The minimum atomic E-state index is 0.0327. The van der Waals surface area contributed by atoms with E-state index in [0.717, 1.165) is 3.57 Å². The average Bonchev–Trinajstić information content (AvgIpc) is 2.03. The highest BCUT2D eigenvalue weighted by Gasteiger charge is 2.09. The van der Waals surface area contributed by atoms with E-state index in [0.29, 0.717) is 11.3 Å². The maximum atomic E-state index is 11.1. The number of ketones is 1. The SMILES string of the molecule is COc1c(I)cccc1C(C)=O. The lowest BCUT2D eigenvalue weighted by molar-refractivity contribution is 0.101. The molecule has 2 nitrogen and oxygen atoms in total. The lowest BCUT2D eigenvalue weighted by Gasteiger charge is -2.06. The maximum Gasteiger partial charge on any atom is 0.163 e. The van der Waals surface area contributed by atoms with E-state index in [2.05, 4.69) is 22.6 Å². The van der Waals surface area contributed by atoms with Gasteiger partial charge in [0, 0.05) is 0 Å². The van der Waals surface area contributed by atoms with Crippen molar-refractivity contribution in [3.63, 3.8) is 0 Å². The smallest absolute Gasteiger partial charge is 0.163 e. The molecule has 0 aliphatic heterocycles. The molecule has 0 bridgehead atoms.